The molecule has 0 unspecified atom stereocenters. The Hall–Kier alpha value is -0.158. The molecule has 6 heteroatoms. The summed E-state index contributed by atoms with van der Waals surface area (Å²) in [7, 11) is 0. The quantitative estimate of drug-likeness (QED) is 0.377. The van der Waals surface area contributed by atoms with Gasteiger partial charge in [0, 0.05) is 49.1 Å². The van der Waals surface area contributed by atoms with Crippen LogP contribution in [0.5, 0.6) is 0 Å². The first-order valence-electron chi connectivity index (χ1n) is 5.67. The maximum atomic E-state index is 5.81. The second-order valence-corrected chi connectivity index (χ2v) is 7.37. The van der Waals surface area contributed by atoms with Crippen LogP contribution in [0.25, 0.3) is 0 Å². The Bertz CT molecular complexity index is 620. The molecule has 1 aliphatic heterocycles. The van der Waals surface area contributed by atoms with Crippen molar-refractivity contribution in [3.63, 3.8) is 0 Å². The van der Waals surface area contributed by atoms with Crippen LogP contribution in [0.2, 0.25) is 0 Å². The van der Waals surface area contributed by atoms with E-state index in [0.29, 0.717) is 0 Å². The maximum absolute atomic E-state index is 5.81. The summed E-state index contributed by atoms with van der Waals surface area (Å²) < 4.78 is 11.4. The van der Waals surface area contributed by atoms with E-state index in [1.165, 1.54) is 5.56 Å². The van der Waals surface area contributed by atoms with Crippen LogP contribution < -0.4 is 0 Å². The third-order valence-corrected chi connectivity index (χ3v) is 5.89. The van der Waals surface area contributed by atoms with E-state index in [1.54, 1.807) is 24.2 Å². The maximum Gasteiger partial charge on any atom is 0.233 e. The number of halogens is 1. The number of nitrogens with zero attached hydrogens (tertiary/aromatic N) is 2. The first-order valence-corrected chi connectivity index (χ1v) is 8.70. The zero-order valence-corrected chi connectivity index (χ0v) is 18.6. The molecule has 1 aliphatic rings. The van der Waals surface area contributed by atoms with Crippen molar-refractivity contribution in [2.24, 2.45) is 3.21 Å². The fraction of sp³-hybridized carbons (Fsp3) is 0.0667. The summed E-state index contributed by atoms with van der Waals surface area (Å²) in [6, 6.07) is 14.9. The summed E-state index contributed by atoms with van der Waals surface area (Å²) in [6.07, 6.45) is 3.51. The molecule has 0 saturated carbocycles. The molecule has 2 aromatic rings. The van der Waals surface area contributed by atoms with Crippen molar-refractivity contribution >= 4 is 41.7 Å². The van der Waals surface area contributed by atoms with Crippen LogP contribution >= 0.6 is 32.8 Å². The molecule has 0 fully saturated rings. The number of hydrogen-bond donors (Lipinski definition) is 0. The summed E-state index contributed by atoms with van der Waals surface area (Å²) in [5, 5.41) is 0. The molecule has 2 heterocycles. The molecule has 3 nitrogen and oxygen atoms in total. The van der Waals surface area contributed by atoms with Crippen molar-refractivity contribution in [2.45, 2.75) is 5.75 Å². The normalized spacial score (nSPS) is 12.8. The molecule has 0 radical (unpaired) electrons. The van der Waals surface area contributed by atoms with Crippen molar-refractivity contribution in [2.75, 3.05) is 0 Å². The van der Waals surface area contributed by atoms with Crippen LogP contribution in [-0.2, 0) is 10.5 Å². The monoisotopic (exact) mass is 634 g/mol. The average molecular weight is 634 g/mol. The van der Waals surface area contributed by atoms with Crippen molar-refractivity contribution in [1.29, 1.82) is 0 Å². The van der Waals surface area contributed by atoms with Gasteiger partial charge in [0.2, 0.25) is 8.92 Å². The van der Waals surface area contributed by atoms with Crippen LogP contribution in [0.1, 0.15) is 11.1 Å². The standard InChI is InChI=1S/C14H10IN2OS.CH3.U/c1-2-4-11(5-3-1)10-19-14-15-17-13(18-14)12-6-8-16-9-7-12;;/h1-2,4-9H,10H2;1H3;/q2*-1;. The Morgan fingerprint density at radius 2 is 2.05 bits per heavy atom. The summed E-state index contributed by atoms with van der Waals surface area (Å²) in [4.78, 5) is 3.99. The molecule has 21 heavy (non-hydrogen) atoms. The minimum absolute atomic E-state index is 0. The first-order chi connectivity index (χ1) is 9.42. The first kappa shape index (κ1) is 18.9. The van der Waals surface area contributed by atoms with E-state index in [1.807, 2.05) is 30.3 Å². The molecule has 0 spiro atoms. The summed E-state index contributed by atoms with van der Waals surface area (Å²) in [5.41, 5.74) is 2.25. The molecule has 0 N–H and O–H groups in total. The minimum atomic E-state index is -0.373. The Morgan fingerprint density at radius 3 is 2.76 bits per heavy atom. The third-order valence-electron chi connectivity index (χ3n) is 2.42. The van der Waals surface area contributed by atoms with Gasteiger partial charge in [0.15, 0.2) is 0 Å². The topological polar surface area (TPSA) is 34.5 Å². The molecule has 1 aromatic carbocycles. The second kappa shape index (κ2) is 9.78. The number of hydrogen-bond acceptors (Lipinski definition) is 4. The average Bonchev–Trinajstić information content (AvgIpc) is 2.96. The molecule has 0 saturated heterocycles. The van der Waals surface area contributed by atoms with Crippen LogP contribution in [0.3, 0.4) is 0 Å². The van der Waals surface area contributed by atoms with Crippen LogP contribution in [0.15, 0.2) is 52.0 Å². The second-order valence-electron chi connectivity index (χ2n) is 3.75. The number of pyridine rings is 1. The van der Waals surface area contributed by atoms with E-state index in [9.17, 15) is 0 Å². The van der Waals surface area contributed by atoms with Gasteiger partial charge in [0.25, 0.3) is 0 Å². The van der Waals surface area contributed by atoms with Crippen molar-refractivity contribution in [3.8, 4) is 0 Å². The van der Waals surface area contributed by atoms with E-state index in [0.717, 1.165) is 20.2 Å². The van der Waals surface area contributed by atoms with E-state index in [-0.39, 0.29) is 59.5 Å². The summed E-state index contributed by atoms with van der Waals surface area (Å²) in [6.45, 7) is 0. The molecular weight excluding hydrogens is 621 g/mol. The van der Waals surface area contributed by atoms with Crippen LogP contribution in [0, 0.1) is 44.6 Å². The van der Waals surface area contributed by atoms with E-state index < -0.39 is 0 Å². The van der Waals surface area contributed by atoms with Gasteiger partial charge in [0.05, 0.1) is 21.0 Å². The fourth-order valence-corrected chi connectivity index (χ4v) is 4.36. The molecular formula is C15H13IN2OSU-2. The van der Waals surface area contributed by atoms with Gasteiger partial charge in [-0.05, 0) is 17.9 Å². The van der Waals surface area contributed by atoms with Crippen molar-refractivity contribution in [1.82, 2.24) is 4.98 Å². The number of benzene rings is 1. The van der Waals surface area contributed by atoms with Gasteiger partial charge in [-0.1, -0.05) is 11.8 Å². The van der Waals surface area contributed by atoms with Gasteiger partial charge >= 0.3 is 0 Å². The predicted molar refractivity (Wildman–Crippen MR) is 93.9 cm³/mol. The predicted octanol–water partition coefficient (Wildman–Crippen LogP) is 4.02. The van der Waals surface area contributed by atoms with Crippen LogP contribution in [-0.4, -0.2) is 13.9 Å². The molecule has 108 valence electrons. The van der Waals surface area contributed by atoms with Crippen LogP contribution in [0.4, 0.5) is 0 Å². The molecule has 0 bridgehead atoms. The number of aromatic nitrogens is 1. The largest absolute Gasteiger partial charge is 0.424 e. The van der Waals surface area contributed by atoms with Gasteiger partial charge in [-0.15, -0.1) is 5.56 Å². The molecule has 0 atom stereocenters. The number of rotatable bonds is 4. The van der Waals surface area contributed by atoms with Crippen molar-refractivity contribution < 1.29 is 35.9 Å². The Labute approximate surface area is 163 Å². The Kier molecular flexibility index (Phi) is 8.79. The zero-order valence-electron chi connectivity index (χ0n) is 11.4. The van der Waals surface area contributed by atoms with Gasteiger partial charge in [-0.3, -0.25) is 4.98 Å². The SMILES string of the molecule is [CH3-].[U].[c-]1cccc(CSC2=IN=C(c3ccncc3)O2)c1. The zero-order chi connectivity index (χ0) is 12.9. The van der Waals surface area contributed by atoms with Gasteiger partial charge in [0.1, 0.15) is 0 Å². The number of ether oxygens (including phenoxy) is 1. The molecule has 0 amide bonds. The third kappa shape index (κ3) is 5.52. The fourth-order valence-electron chi connectivity index (χ4n) is 1.50. The van der Waals surface area contributed by atoms with Gasteiger partial charge in [-0.2, -0.15) is 33.5 Å². The Balaban J connectivity index is 0.00000110. The minimum Gasteiger partial charge on any atom is -0.424 e. The van der Waals surface area contributed by atoms with E-state index in [2.05, 4.69) is 20.3 Å². The Morgan fingerprint density at radius 1 is 1.24 bits per heavy atom. The number of thioether (sulfide) groups is 1. The molecule has 3 rings (SSSR count). The van der Waals surface area contributed by atoms with E-state index >= 15 is 0 Å². The summed E-state index contributed by atoms with van der Waals surface area (Å²) in [5.74, 6) is 1.64. The molecule has 0 aliphatic carbocycles. The van der Waals surface area contributed by atoms with Crippen molar-refractivity contribution in [3.05, 3.63) is 73.4 Å². The van der Waals surface area contributed by atoms with E-state index in [4.69, 9.17) is 4.74 Å². The molecule has 1 aromatic heterocycles. The smallest absolute Gasteiger partial charge is 0.233 e. The van der Waals surface area contributed by atoms with Gasteiger partial charge < -0.3 is 12.2 Å². The summed E-state index contributed by atoms with van der Waals surface area (Å²) >= 11 is 1.36. The van der Waals surface area contributed by atoms with Gasteiger partial charge in [-0.25, -0.2) is 0 Å².